The molecule has 2 unspecified atom stereocenters. The van der Waals surface area contributed by atoms with Crippen molar-refractivity contribution in [2.24, 2.45) is 0 Å². The Bertz CT molecular complexity index is 2610. The van der Waals surface area contributed by atoms with Crippen LogP contribution >= 0.6 is 0 Å². The maximum absolute atomic E-state index is 12.2. The van der Waals surface area contributed by atoms with Crippen molar-refractivity contribution in [2.75, 3.05) is 51.2 Å². The van der Waals surface area contributed by atoms with Crippen molar-refractivity contribution in [1.29, 1.82) is 0 Å². The summed E-state index contributed by atoms with van der Waals surface area (Å²) < 4.78 is 117. The maximum atomic E-state index is 12.2. The number of unbranched alkanes of at least 4 members (excludes halogenated alkanes) is 4. The molecule has 3 aliphatic heterocycles. The molecule has 0 radical (unpaired) electrons. The first-order valence-corrected chi connectivity index (χ1v) is 25.7. The van der Waals surface area contributed by atoms with Gasteiger partial charge in [0.25, 0.3) is 32.1 Å². The number of anilines is 1. The minimum Gasteiger partial charge on any atom is -0.744 e. The molecule has 5 rings (SSSR count). The molecule has 0 spiro atoms. The Hall–Kier alpha value is -1.61. The Morgan fingerprint density at radius 3 is 2.01 bits per heavy atom. The summed E-state index contributed by atoms with van der Waals surface area (Å²) in [6.07, 6.45) is 13.3. The van der Waals surface area contributed by atoms with Gasteiger partial charge in [-0.3, -0.25) is 18.7 Å². The number of fused-ring (bicyclic) bond motifs is 2. The van der Waals surface area contributed by atoms with Crippen molar-refractivity contribution in [3.8, 4) is 0 Å². The van der Waals surface area contributed by atoms with E-state index in [1.807, 2.05) is 36.7 Å². The maximum Gasteiger partial charge on any atom is 1.00 e. The van der Waals surface area contributed by atoms with Gasteiger partial charge in [0.05, 0.1) is 21.0 Å². The second kappa shape index (κ2) is 26.9. The number of ether oxygens (including phenoxy) is 2. The molecule has 0 bridgehead atoms. The van der Waals surface area contributed by atoms with Crippen LogP contribution in [0, 0.1) is 0 Å². The fourth-order valence-corrected chi connectivity index (χ4v) is 10.2. The SMILES string of the molecule is COCC[N+]1=C(/C=C/C=C/C=C2/N(CCCCCCCC(=O)ON3C(=O)CCC3=O)c3ccc(S(=O)(=O)[O-])cc3C2(C)CCOC)C(C)(CCCS(=O)(=O)O)c2cc(S(=O)(=O)O)ccc21.[Na+].[Na+].[Na+]. The predicted molar refractivity (Wildman–Crippen MR) is 238 cm³/mol. The number of hydrogen-bond donors (Lipinski definition) is 2. The third kappa shape index (κ3) is 15.7. The van der Waals surface area contributed by atoms with Gasteiger partial charge in [-0.25, -0.2) is 13.2 Å². The van der Waals surface area contributed by atoms with Crippen LogP contribution < -0.4 is 93.6 Å². The molecule has 1 saturated heterocycles. The summed E-state index contributed by atoms with van der Waals surface area (Å²) in [5.41, 5.74) is 2.28. The van der Waals surface area contributed by atoms with E-state index in [9.17, 15) is 53.3 Å². The zero-order chi connectivity index (χ0) is 47.8. The van der Waals surface area contributed by atoms with Crippen molar-refractivity contribution in [1.82, 2.24) is 5.06 Å². The van der Waals surface area contributed by atoms with Crippen LogP contribution in [0.2, 0.25) is 0 Å². The van der Waals surface area contributed by atoms with Crippen LogP contribution in [-0.4, -0.2) is 118 Å². The van der Waals surface area contributed by atoms with Gasteiger partial charge in [0.2, 0.25) is 5.69 Å². The van der Waals surface area contributed by atoms with Crippen molar-refractivity contribution < 1.29 is 161 Å². The molecule has 18 nitrogen and oxygen atoms in total. The van der Waals surface area contributed by atoms with Gasteiger partial charge in [0.15, 0.2) is 12.3 Å². The zero-order valence-electron chi connectivity index (χ0n) is 39.9. The number of methoxy groups -OCH3 is 2. The van der Waals surface area contributed by atoms with Gasteiger partial charge in [-0.05, 0) is 87.9 Å². The Morgan fingerprint density at radius 1 is 0.779 bits per heavy atom. The summed E-state index contributed by atoms with van der Waals surface area (Å²) in [5.74, 6) is -2.24. The number of hydrogen-bond acceptors (Lipinski definition) is 14. The first-order valence-electron chi connectivity index (χ1n) is 21.3. The van der Waals surface area contributed by atoms with Crippen LogP contribution in [0.1, 0.15) is 95.6 Å². The van der Waals surface area contributed by atoms with Gasteiger partial charge < -0.3 is 23.8 Å². The number of imide groups is 1. The molecule has 24 heteroatoms. The summed E-state index contributed by atoms with van der Waals surface area (Å²) in [6.45, 7) is 5.26. The van der Waals surface area contributed by atoms with E-state index in [-0.39, 0.29) is 137 Å². The van der Waals surface area contributed by atoms with Crippen LogP contribution in [0.4, 0.5) is 11.4 Å². The first-order chi connectivity index (χ1) is 30.5. The number of hydroxylamine groups is 2. The summed E-state index contributed by atoms with van der Waals surface area (Å²) >= 11 is 0. The molecule has 3 heterocycles. The monoisotopic (exact) mass is 1030 g/mol. The molecule has 3 aliphatic rings. The van der Waals surface area contributed by atoms with Gasteiger partial charge in [-0.1, -0.05) is 37.5 Å². The topological polar surface area (TPSA) is 254 Å². The predicted octanol–water partition coefficient (Wildman–Crippen LogP) is -3.72. The van der Waals surface area contributed by atoms with E-state index in [0.717, 1.165) is 24.2 Å². The molecular formula is C44H57N3Na3O15S3+3. The van der Waals surface area contributed by atoms with Gasteiger partial charge in [0, 0.05) is 81.1 Å². The molecule has 2 aromatic rings. The average Bonchev–Trinajstić information content (AvgIpc) is 3.76. The van der Waals surface area contributed by atoms with Crippen LogP contribution in [0.15, 0.2) is 82.3 Å². The Balaban J connectivity index is 0.00000529. The quantitative estimate of drug-likeness (QED) is 0.0256. The van der Waals surface area contributed by atoms with E-state index in [1.165, 1.54) is 31.4 Å². The van der Waals surface area contributed by atoms with Gasteiger partial charge in [-0.15, -0.1) is 5.06 Å². The van der Waals surface area contributed by atoms with Gasteiger partial charge in [0.1, 0.15) is 16.7 Å². The van der Waals surface area contributed by atoms with Crippen molar-refractivity contribution in [3.05, 3.63) is 83.6 Å². The second-order valence-electron chi connectivity index (χ2n) is 16.6. The fraction of sp³-hybridized carbons (Fsp3) is 0.500. The van der Waals surface area contributed by atoms with E-state index >= 15 is 0 Å². The number of benzene rings is 2. The molecule has 2 N–H and O–H groups in total. The van der Waals surface area contributed by atoms with Crippen molar-refractivity contribution in [2.45, 2.75) is 105 Å². The molecular weight excluding hydrogens is 976 g/mol. The minimum atomic E-state index is -4.78. The second-order valence-corrected chi connectivity index (χ2v) is 21.0. The van der Waals surface area contributed by atoms with Crippen LogP contribution in [0.5, 0.6) is 0 Å². The summed E-state index contributed by atoms with van der Waals surface area (Å²) in [4.78, 5) is 42.1. The van der Waals surface area contributed by atoms with Crippen LogP contribution in [0.25, 0.3) is 0 Å². The average molecular weight is 1030 g/mol. The van der Waals surface area contributed by atoms with E-state index < -0.39 is 64.7 Å². The number of amides is 2. The number of carbonyl (C=O) groups excluding carboxylic acids is 3. The zero-order valence-corrected chi connectivity index (χ0v) is 48.4. The molecule has 2 atom stereocenters. The third-order valence-corrected chi connectivity index (χ3v) is 14.6. The molecule has 68 heavy (non-hydrogen) atoms. The molecule has 2 aromatic carbocycles. The van der Waals surface area contributed by atoms with Crippen LogP contribution in [0.3, 0.4) is 0 Å². The molecule has 0 aliphatic carbocycles. The smallest absolute Gasteiger partial charge is 0.744 e. The van der Waals surface area contributed by atoms with E-state index in [0.29, 0.717) is 73.0 Å². The van der Waals surface area contributed by atoms with Crippen LogP contribution in [-0.2, 0) is 69.9 Å². The Labute approximate surface area is 466 Å². The third-order valence-electron chi connectivity index (χ3n) is 12.1. The number of carbonyl (C=O) groups is 3. The van der Waals surface area contributed by atoms with E-state index in [2.05, 4.69) is 4.90 Å². The standard InChI is InChI=1S/C44H57N3O15S3.3Na/c1-43(23-13-29-63(51,52)53)34-30-32(64(54,55)56)18-20-37(34)46(26-28-61-4)38(43)14-9-8-10-15-39-44(2,24-27-60-3)35-31-33(65(57,58)59)17-19-36(35)45(39)25-12-7-5-6-11-16-42(50)62-47-40(48)21-22-41(47)49;;;/h8-10,14-15,17-20,30-31H,5-7,11-13,16,21-29H2,1-4H3,(H2-,51,52,53,54,55,56,57,58,59);;;/q;3*+1. The van der Waals surface area contributed by atoms with E-state index in [4.69, 9.17) is 14.3 Å². The van der Waals surface area contributed by atoms with Crippen molar-refractivity contribution >= 4 is 65.2 Å². The minimum absolute atomic E-state index is 0. The molecule has 1 fully saturated rings. The molecule has 2 amide bonds. The van der Waals surface area contributed by atoms with Crippen molar-refractivity contribution in [3.63, 3.8) is 0 Å². The number of rotatable bonds is 24. The van der Waals surface area contributed by atoms with Gasteiger partial charge >= 0.3 is 94.6 Å². The Morgan fingerprint density at radius 2 is 1.40 bits per heavy atom. The largest absolute Gasteiger partial charge is 1.00 e. The number of nitrogens with zero attached hydrogens (tertiary/aromatic N) is 3. The molecule has 0 saturated carbocycles. The summed E-state index contributed by atoms with van der Waals surface area (Å²) in [6, 6.07) is 8.59. The molecule has 356 valence electrons. The number of allylic oxidation sites excluding steroid dienone is 6. The van der Waals surface area contributed by atoms with Gasteiger partial charge in [-0.2, -0.15) is 21.4 Å². The molecule has 0 aromatic heterocycles. The summed E-state index contributed by atoms with van der Waals surface area (Å²) in [5, 5.41) is 0.538. The summed E-state index contributed by atoms with van der Waals surface area (Å²) in [7, 11) is -10.6. The normalized spacial score (nSPS) is 20.0. The Kier molecular flexibility index (Phi) is 24.7. The fourth-order valence-electron chi connectivity index (χ4n) is 8.72. The van der Waals surface area contributed by atoms with E-state index in [1.54, 1.807) is 31.4 Å². The first kappa shape index (κ1) is 62.5.